The van der Waals surface area contributed by atoms with Crippen molar-refractivity contribution in [3.05, 3.63) is 23.8 Å². The summed E-state index contributed by atoms with van der Waals surface area (Å²) >= 11 is 0. The van der Waals surface area contributed by atoms with Gasteiger partial charge >= 0.3 is 0 Å². The lowest BCUT2D eigenvalue weighted by atomic mass is 10.1. The Bertz CT molecular complexity index is 703. The lowest BCUT2D eigenvalue weighted by Crippen LogP contribution is -2.49. The zero-order valence-corrected chi connectivity index (χ0v) is 18.7. The summed E-state index contributed by atoms with van der Waals surface area (Å²) in [5.74, 6) is 2.37. The largest absolute Gasteiger partial charge is 0.497 e. The minimum atomic E-state index is -2.27. The maximum atomic E-state index is 12.6. The molecule has 1 saturated heterocycles. The second-order valence-electron chi connectivity index (χ2n) is 8.30. The Balaban J connectivity index is 1.62. The maximum Gasteiger partial charge on any atom is 0.251 e. The van der Waals surface area contributed by atoms with Crippen LogP contribution in [0, 0.1) is 0 Å². The molecule has 0 radical (unpaired) electrons. The van der Waals surface area contributed by atoms with E-state index in [1.807, 2.05) is 30.0 Å². The van der Waals surface area contributed by atoms with Gasteiger partial charge < -0.3 is 20.1 Å². The van der Waals surface area contributed by atoms with Crippen molar-refractivity contribution in [1.82, 2.24) is 15.5 Å². The summed E-state index contributed by atoms with van der Waals surface area (Å²) in [6, 6.07) is 6.13. The highest BCUT2D eigenvalue weighted by Crippen LogP contribution is 2.30. The van der Waals surface area contributed by atoms with E-state index in [1.54, 1.807) is 7.11 Å². The monoisotopic (exact) mass is 438 g/mol. The third-order valence-corrected chi connectivity index (χ3v) is 5.95. The first-order valence-corrected chi connectivity index (χ1v) is 11.5. The topological polar surface area (TPSA) is 58.1 Å². The molecule has 1 aliphatic heterocycles. The first kappa shape index (κ1) is 23.6. The van der Waals surface area contributed by atoms with Gasteiger partial charge in [-0.3, -0.25) is 4.90 Å². The summed E-state index contributed by atoms with van der Waals surface area (Å²) in [4.78, 5) is 6.61. The molecule has 174 valence electrons. The predicted molar refractivity (Wildman–Crippen MR) is 119 cm³/mol. The van der Waals surface area contributed by atoms with Crippen LogP contribution >= 0.6 is 0 Å². The molecular weight excluding hydrogens is 402 g/mol. The smallest absolute Gasteiger partial charge is 0.251 e. The molecule has 31 heavy (non-hydrogen) atoms. The highest BCUT2D eigenvalue weighted by Gasteiger charge is 2.22. The Morgan fingerprint density at radius 1 is 1.19 bits per heavy atom. The predicted octanol–water partition coefficient (Wildman–Crippen LogP) is 3.80. The van der Waals surface area contributed by atoms with Crippen molar-refractivity contribution in [2.45, 2.75) is 70.6 Å². The van der Waals surface area contributed by atoms with Gasteiger partial charge in [0.2, 0.25) is 0 Å². The number of halogens is 2. The number of hydrogen-bond donors (Lipinski definition) is 2. The van der Waals surface area contributed by atoms with Gasteiger partial charge in [0.1, 0.15) is 11.5 Å². The molecule has 0 amide bonds. The Hall–Kier alpha value is -2.09. The van der Waals surface area contributed by atoms with E-state index in [1.165, 1.54) is 12.8 Å². The van der Waals surface area contributed by atoms with Crippen molar-refractivity contribution in [3.8, 4) is 11.5 Å². The molecule has 6 nitrogen and oxygen atoms in total. The standard InChI is InChI=1S/C23H36F2N4O2/c1-3-26-23(28-18-10-12-29(13-11-18)16-22(24)25)27-15-17-8-9-20(30-2)14-21(17)31-19-6-4-5-7-19/h8-9,14,18-19,22H,3-7,10-13,15-16H2,1-2H3,(H2,26,27,28). The number of ether oxygens (including phenoxy) is 2. The number of rotatable bonds is 9. The number of likely N-dealkylation sites (tertiary alicyclic amines) is 1. The lowest BCUT2D eigenvalue weighted by molar-refractivity contribution is 0.0744. The molecule has 1 aromatic carbocycles. The third kappa shape index (κ3) is 7.52. The summed E-state index contributed by atoms with van der Waals surface area (Å²) in [6.45, 7) is 4.50. The molecule has 0 spiro atoms. The van der Waals surface area contributed by atoms with Crippen LogP contribution in [0.25, 0.3) is 0 Å². The van der Waals surface area contributed by atoms with E-state index in [0.717, 1.165) is 55.3 Å². The minimum absolute atomic E-state index is 0.137. The Morgan fingerprint density at radius 3 is 2.58 bits per heavy atom. The van der Waals surface area contributed by atoms with Gasteiger partial charge in [-0.1, -0.05) is 0 Å². The normalized spacial score (nSPS) is 19.1. The molecule has 1 aliphatic carbocycles. The fourth-order valence-electron chi connectivity index (χ4n) is 4.22. The molecule has 1 heterocycles. The van der Waals surface area contributed by atoms with Gasteiger partial charge in [-0.2, -0.15) is 0 Å². The van der Waals surface area contributed by atoms with E-state index in [4.69, 9.17) is 14.5 Å². The second kappa shape index (κ2) is 12.1. The van der Waals surface area contributed by atoms with E-state index in [-0.39, 0.29) is 18.7 Å². The van der Waals surface area contributed by atoms with Crippen LogP contribution in [0.2, 0.25) is 0 Å². The van der Waals surface area contributed by atoms with E-state index in [2.05, 4.69) is 10.6 Å². The van der Waals surface area contributed by atoms with Crippen LogP contribution in [-0.2, 0) is 6.54 Å². The average Bonchev–Trinajstić information content (AvgIpc) is 3.27. The third-order valence-electron chi connectivity index (χ3n) is 5.95. The van der Waals surface area contributed by atoms with Crippen LogP contribution in [0.4, 0.5) is 8.78 Å². The van der Waals surface area contributed by atoms with Crippen molar-refractivity contribution in [2.24, 2.45) is 4.99 Å². The molecule has 3 rings (SSSR count). The van der Waals surface area contributed by atoms with E-state index < -0.39 is 6.43 Å². The van der Waals surface area contributed by atoms with E-state index in [0.29, 0.717) is 19.6 Å². The maximum absolute atomic E-state index is 12.6. The van der Waals surface area contributed by atoms with E-state index in [9.17, 15) is 8.78 Å². The van der Waals surface area contributed by atoms with Gasteiger partial charge in [-0.25, -0.2) is 13.8 Å². The summed E-state index contributed by atoms with van der Waals surface area (Å²) in [5, 5.41) is 6.77. The van der Waals surface area contributed by atoms with Crippen LogP contribution in [0.1, 0.15) is 51.0 Å². The number of aliphatic imine (C=N–C) groups is 1. The summed E-state index contributed by atoms with van der Waals surface area (Å²) < 4.78 is 36.8. The van der Waals surface area contributed by atoms with Crippen molar-refractivity contribution >= 4 is 5.96 Å². The highest BCUT2D eigenvalue weighted by atomic mass is 19.3. The number of methoxy groups -OCH3 is 1. The van der Waals surface area contributed by atoms with Gasteiger partial charge in [0.05, 0.1) is 26.3 Å². The zero-order chi connectivity index (χ0) is 22.1. The first-order valence-electron chi connectivity index (χ1n) is 11.5. The Kier molecular flexibility index (Phi) is 9.18. The van der Waals surface area contributed by atoms with Gasteiger partial charge in [-0.15, -0.1) is 0 Å². The molecule has 2 fully saturated rings. The fourth-order valence-corrected chi connectivity index (χ4v) is 4.22. The zero-order valence-electron chi connectivity index (χ0n) is 18.7. The number of nitrogens with zero attached hydrogens (tertiary/aromatic N) is 2. The minimum Gasteiger partial charge on any atom is -0.497 e. The van der Waals surface area contributed by atoms with Crippen molar-refractivity contribution in [1.29, 1.82) is 0 Å². The van der Waals surface area contributed by atoms with Crippen molar-refractivity contribution in [3.63, 3.8) is 0 Å². The average molecular weight is 439 g/mol. The van der Waals surface area contributed by atoms with Crippen LogP contribution in [0.3, 0.4) is 0 Å². The van der Waals surface area contributed by atoms with Crippen LogP contribution < -0.4 is 20.1 Å². The number of alkyl halides is 2. The van der Waals surface area contributed by atoms with Gasteiger partial charge in [0.15, 0.2) is 5.96 Å². The number of nitrogens with one attached hydrogen (secondary N) is 2. The molecule has 0 bridgehead atoms. The van der Waals surface area contributed by atoms with Crippen LogP contribution in [0.5, 0.6) is 11.5 Å². The first-order chi connectivity index (χ1) is 15.1. The van der Waals surface area contributed by atoms with Crippen LogP contribution in [0.15, 0.2) is 23.2 Å². The molecule has 2 N–H and O–H groups in total. The Labute approximate surface area is 184 Å². The number of hydrogen-bond acceptors (Lipinski definition) is 4. The Morgan fingerprint density at radius 2 is 1.94 bits per heavy atom. The number of piperidine rings is 1. The molecule has 8 heteroatoms. The lowest BCUT2D eigenvalue weighted by Gasteiger charge is -2.32. The SMILES string of the molecule is CCNC(=NCc1ccc(OC)cc1OC1CCCC1)NC1CCN(CC(F)F)CC1. The fraction of sp³-hybridized carbons (Fsp3) is 0.696. The number of guanidine groups is 1. The van der Waals surface area contributed by atoms with Crippen molar-refractivity contribution in [2.75, 3.05) is 33.3 Å². The second-order valence-corrected chi connectivity index (χ2v) is 8.30. The molecule has 1 saturated carbocycles. The molecule has 0 aromatic heterocycles. The molecule has 1 aromatic rings. The van der Waals surface area contributed by atoms with E-state index >= 15 is 0 Å². The summed E-state index contributed by atoms with van der Waals surface area (Å²) in [6.07, 6.45) is 4.27. The van der Waals surface area contributed by atoms with Gasteiger partial charge in [0.25, 0.3) is 6.43 Å². The molecule has 0 atom stereocenters. The highest BCUT2D eigenvalue weighted by molar-refractivity contribution is 5.80. The van der Waals surface area contributed by atoms with Gasteiger partial charge in [-0.05, 0) is 57.6 Å². The van der Waals surface area contributed by atoms with Gasteiger partial charge in [0, 0.05) is 37.3 Å². The number of benzene rings is 1. The van der Waals surface area contributed by atoms with Crippen molar-refractivity contribution < 1.29 is 18.3 Å². The van der Waals surface area contributed by atoms with Crippen LogP contribution in [-0.4, -0.2) is 62.7 Å². The summed E-state index contributed by atoms with van der Waals surface area (Å²) in [5.41, 5.74) is 1.02. The quantitative estimate of drug-likeness (QED) is 0.454. The molecule has 0 unspecified atom stereocenters. The molecular formula is C23H36F2N4O2. The molecule has 2 aliphatic rings. The summed E-state index contributed by atoms with van der Waals surface area (Å²) in [7, 11) is 1.66.